The Morgan fingerprint density at radius 3 is 2.45 bits per heavy atom. The van der Waals surface area contributed by atoms with Gasteiger partial charge >= 0.3 is 0 Å². The zero-order valence-corrected chi connectivity index (χ0v) is 7.35. The minimum atomic E-state index is -0.162. The van der Waals surface area contributed by atoms with Crippen molar-refractivity contribution in [3.63, 3.8) is 0 Å². The molecule has 1 fully saturated rings. The molecule has 0 amide bonds. The van der Waals surface area contributed by atoms with E-state index in [0.717, 1.165) is 19.4 Å². The number of hydrogen-bond donors (Lipinski definition) is 1. The molecule has 0 atom stereocenters. The number of hydrogen-bond acceptors (Lipinski definition) is 1. The standard InChI is InChI=1S/C9H16N2/c1-8(2)7-11-9(10-3)5-4-6-9/h8,11H,4-7H2,1-2H3. The van der Waals surface area contributed by atoms with Crippen LogP contribution in [0.3, 0.4) is 0 Å². The van der Waals surface area contributed by atoms with Crippen LogP contribution in [-0.4, -0.2) is 12.2 Å². The molecule has 0 aliphatic heterocycles. The maximum absolute atomic E-state index is 7.01. The van der Waals surface area contributed by atoms with Gasteiger partial charge in [0, 0.05) is 19.4 Å². The first-order valence-corrected chi connectivity index (χ1v) is 4.32. The van der Waals surface area contributed by atoms with E-state index in [4.69, 9.17) is 6.57 Å². The van der Waals surface area contributed by atoms with E-state index in [1.165, 1.54) is 6.42 Å². The summed E-state index contributed by atoms with van der Waals surface area (Å²) in [6.45, 7) is 12.3. The minimum Gasteiger partial charge on any atom is -0.293 e. The second-order valence-corrected chi connectivity index (χ2v) is 3.77. The summed E-state index contributed by atoms with van der Waals surface area (Å²) in [5.41, 5.74) is -0.162. The lowest BCUT2D eigenvalue weighted by Gasteiger charge is -2.31. The molecule has 0 unspecified atom stereocenters. The molecule has 1 N–H and O–H groups in total. The third-order valence-corrected chi connectivity index (χ3v) is 2.23. The molecule has 1 saturated carbocycles. The summed E-state index contributed by atoms with van der Waals surface area (Å²) >= 11 is 0. The smallest absolute Gasteiger partial charge is 0.286 e. The molecular weight excluding hydrogens is 136 g/mol. The number of rotatable bonds is 3. The second-order valence-electron chi connectivity index (χ2n) is 3.77. The van der Waals surface area contributed by atoms with Gasteiger partial charge in [0.15, 0.2) is 0 Å². The first-order valence-electron chi connectivity index (χ1n) is 4.32. The van der Waals surface area contributed by atoms with Crippen molar-refractivity contribution in [1.29, 1.82) is 0 Å². The van der Waals surface area contributed by atoms with Gasteiger partial charge in [0.1, 0.15) is 0 Å². The lowest BCUT2D eigenvalue weighted by atomic mass is 9.85. The lowest BCUT2D eigenvalue weighted by Crippen LogP contribution is -2.49. The molecule has 0 bridgehead atoms. The molecule has 62 valence electrons. The van der Waals surface area contributed by atoms with E-state index >= 15 is 0 Å². The first kappa shape index (κ1) is 8.55. The molecule has 0 aromatic heterocycles. The van der Waals surface area contributed by atoms with Crippen molar-refractivity contribution in [2.24, 2.45) is 5.92 Å². The maximum atomic E-state index is 7.01. The van der Waals surface area contributed by atoms with Crippen LogP contribution < -0.4 is 5.32 Å². The SMILES string of the molecule is [C-]#[N+]C1(NCC(C)C)CCC1. The molecule has 0 aromatic rings. The highest BCUT2D eigenvalue weighted by molar-refractivity contribution is 5.02. The predicted molar refractivity (Wildman–Crippen MR) is 46.0 cm³/mol. The van der Waals surface area contributed by atoms with Crippen molar-refractivity contribution in [3.8, 4) is 0 Å². The van der Waals surface area contributed by atoms with E-state index in [2.05, 4.69) is 24.0 Å². The van der Waals surface area contributed by atoms with Crippen molar-refractivity contribution in [3.05, 3.63) is 11.4 Å². The molecule has 0 aromatic carbocycles. The van der Waals surface area contributed by atoms with Crippen LogP contribution in [-0.2, 0) is 0 Å². The Morgan fingerprint density at radius 2 is 2.18 bits per heavy atom. The highest BCUT2D eigenvalue weighted by atomic mass is 15.1. The fourth-order valence-corrected chi connectivity index (χ4v) is 1.23. The largest absolute Gasteiger partial charge is 0.293 e. The Labute approximate surface area is 68.8 Å². The Morgan fingerprint density at radius 1 is 1.55 bits per heavy atom. The fraction of sp³-hybridized carbons (Fsp3) is 0.889. The van der Waals surface area contributed by atoms with Crippen LogP contribution in [0.15, 0.2) is 0 Å². The van der Waals surface area contributed by atoms with Crippen LogP contribution in [0.4, 0.5) is 0 Å². The van der Waals surface area contributed by atoms with Gasteiger partial charge in [0.05, 0.1) is 0 Å². The highest BCUT2D eigenvalue weighted by Gasteiger charge is 2.43. The summed E-state index contributed by atoms with van der Waals surface area (Å²) < 4.78 is 0. The van der Waals surface area contributed by atoms with Gasteiger partial charge in [0.25, 0.3) is 5.66 Å². The number of nitrogens with one attached hydrogen (secondary N) is 1. The molecule has 0 heterocycles. The third kappa shape index (κ3) is 1.94. The maximum Gasteiger partial charge on any atom is 0.286 e. The molecule has 11 heavy (non-hydrogen) atoms. The van der Waals surface area contributed by atoms with Gasteiger partial charge in [0.2, 0.25) is 0 Å². The van der Waals surface area contributed by atoms with E-state index in [-0.39, 0.29) is 5.66 Å². The number of nitrogens with zero attached hydrogens (tertiary/aromatic N) is 1. The van der Waals surface area contributed by atoms with Crippen LogP contribution >= 0.6 is 0 Å². The van der Waals surface area contributed by atoms with Gasteiger partial charge in [-0.05, 0) is 12.3 Å². The Bertz CT molecular complexity index is 163. The molecule has 1 rings (SSSR count). The van der Waals surface area contributed by atoms with Crippen molar-refractivity contribution < 1.29 is 0 Å². The first-order chi connectivity index (χ1) is 5.18. The van der Waals surface area contributed by atoms with Gasteiger partial charge in [-0.1, -0.05) is 13.8 Å². The zero-order valence-electron chi connectivity index (χ0n) is 7.35. The van der Waals surface area contributed by atoms with Gasteiger partial charge in [-0.25, -0.2) is 11.9 Å². The van der Waals surface area contributed by atoms with E-state index < -0.39 is 0 Å². The molecule has 1 aliphatic rings. The fourth-order valence-electron chi connectivity index (χ4n) is 1.23. The van der Waals surface area contributed by atoms with E-state index in [0.29, 0.717) is 5.92 Å². The quantitative estimate of drug-likeness (QED) is 0.612. The molecule has 1 aliphatic carbocycles. The van der Waals surface area contributed by atoms with Crippen molar-refractivity contribution in [2.75, 3.05) is 6.54 Å². The average molecular weight is 152 g/mol. The summed E-state index contributed by atoms with van der Waals surface area (Å²) in [6, 6.07) is 0. The molecule has 2 nitrogen and oxygen atoms in total. The van der Waals surface area contributed by atoms with Crippen LogP contribution in [0.5, 0.6) is 0 Å². The van der Waals surface area contributed by atoms with Crippen molar-refractivity contribution in [2.45, 2.75) is 38.8 Å². The third-order valence-electron chi connectivity index (χ3n) is 2.23. The van der Waals surface area contributed by atoms with Crippen LogP contribution in [0.25, 0.3) is 4.85 Å². The summed E-state index contributed by atoms with van der Waals surface area (Å²) in [4.78, 5) is 3.64. The van der Waals surface area contributed by atoms with Gasteiger partial charge in [-0.3, -0.25) is 4.85 Å². The summed E-state index contributed by atoms with van der Waals surface area (Å²) in [5, 5.41) is 3.33. The monoisotopic (exact) mass is 152 g/mol. The van der Waals surface area contributed by atoms with E-state index in [9.17, 15) is 0 Å². The van der Waals surface area contributed by atoms with Gasteiger partial charge < -0.3 is 0 Å². The Kier molecular flexibility index (Phi) is 2.51. The molecular formula is C9H16N2. The summed E-state index contributed by atoms with van der Waals surface area (Å²) in [5.74, 6) is 0.647. The van der Waals surface area contributed by atoms with Gasteiger partial charge in [-0.2, -0.15) is 0 Å². The van der Waals surface area contributed by atoms with Crippen molar-refractivity contribution >= 4 is 0 Å². The highest BCUT2D eigenvalue weighted by Crippen LogP contribution is 2.32. The average Bonchev–Trinajstić information content (AvgIpc) is 1.86. The zero-order chi connectivity index (χ0) is 8.32. The molecule has 0 saturated heterocycles. The van der Waals surface area contributed by atoms with Crippen LogP contribution in [0, 0.1) is 12.5 Å². The molecule has 0 radical (unpaired) electrons. The topological polar surface area (TPSA) is 16.4 Å². The summed E-state index contributed by atoms with van der Waals surface area (Å²) in [7, 11) is 0. The van der Waals surface area contributed by atoms with Crippen molar-refractivity contribution in [1.82, 2.24) is 5.32 Å². The van der Waals surface area contributed by atoms with Gasteiger partial charge in [-0.15, -0.1) is 0 Å². The summed E-state index contributed by atoms with van der Waals surface area (Å²) in [6.07, 6.45) is 3.31. The predicted octanol–water partition coefficient (Wildman–Crippen LogP) is 2.03. The van der Waals surface area contributed by atoms with Crippen LogP contribution in [0.1, 0.15) is 33.1 Å². The molecule has 2 heteroatoms. The minimum absolute atomic E-state index is 0.162. The van der Waals surface area contributed by atoms with Crippen LogP contribution in [0.2, 0.25) is 0 Å². The lowest BCUT2D eigenvalue weighted by molar-refractivity contribution is 0.234. The Balaban J connectivity index is 2.29. The normalized spacial score (nSPS) is 20.9. The van der Waals surface area contributed by atoms with E-state index in [1.54, 1.807) is 0 Å². The Hall–Kier alpha value is -0.550. The van der Waals surface area contributed by atoms with E-state index in [1.807, 2.05) is 0 Å². The molecule has 0 spiro atoms. The second kappa shape index (κ2) is 3.23.